The van der Waals surface area contributed by atoms with Crippen LogP contribution in [0.3, 0.4) is 0 Å². The number of rotatable bonds is 2. The van der Waals surface area contributed by atoms with Crippen LogP contribution in [0.4, 0.5) is 5.69 Å². The average Bonchev–Trinajstić information content (AvgIpc) is 2.35. The Balaban J connectivity index is 2.59. The molecule has 2 rings (SSSR count). The minimum Gasteiger partial charge on any atom is -0.394 e. The summed E-state index contributed by atoms with van der Waals surface area (Å²) < 4.78 is 12.9. The van der Waals surface area contributed by atoms with E-state index >= 15 is 0 Å². The summed E-state index contributed by atoms with van der Waals surface area (Å²) in [5.74, 6) is 0. The minimum absolute atomic E-state index is 0.207. The summed E-state index contributed by atoms with van der Waals surface area (Å²) in [6.07, 6.45) is 3.35. The normalized spacial score (nSPS) is 12.3. The lowest BCUT2D eigenvalue weighted by atomic mass is 10.1. The molecule has 1 heterocycles. The van der Waals surface area contributed by atoms with Gasteiger partial charge in [0, 0.05) is 40.8 Å². The van der Waals surface area contributed by atoms with Crippen molar-refractivity contribution in [2.75, 3.05) is 12.0 Å². The number of aryl methyl sites for hydroxylation is 1. The van der Waals surface area contributed by atoms with Crippen LogP contribution in [0.5, 0.6) is 0 Å². The molecule has 0 saturated carbocycles. The maximum Gasteiger partial charge on any atom is 0.273 e. The number of hydrogen-bond donors (Lipinski definition) is 1. The summed E-state index contributed by atoms with van der Waals surface area (Å²) in [5.41, 5.74) is 7.38. The molecule has 2 aromatic rings. The Morgan fingerprint density at radius 2 is 1.94 bits per heavy atom. The first-order valence-corrected chi connectivity index (χ1v) is 6.95. The highest BCUT2D eigenvalue weighted by Crippen LogP contribution is 2.21. The van der Waals surface area contributed by atoms with Crippen molar-refractivity contribution < 1.29 is 4.21 Å². The maximum atomic E-state index is 11.5. The van der Waals surface area contributed by atoms with E-state index in [1.54, 1.807) is 25.6 Å². The number of benzene rings is 1. The second-order valence-electron chi connectivity index (χ2n) is 4.08. The van der Waals surface area contributed by atoms with Crippen LogP contribution in [0.1, 0.15) is 0 Å². The first kappa shape index (κ1) is 12.6. The van der Waals surface area contributed by atoms with Gasteiger partial charge in [0.1, 0.15) is 0 Å². The Bertz CT molecular complexity index is 651. The Morgan fingerprint density at radius 3 is 2.56 bits per heavy atom. The highest BCUT2D eigenvalue weighted by molar-refractivity contribution is 7.84. The lowest BCUT2D eigenvalue weighted by molar-refractivity contribution is 0.687. The minimum atomic E-state index is -1.03. The van der Waals surface area contributed by atoms with Gasteiger partial charge in [-0.05, 0) is 23.8 Å². The molecule has 0 fully saturated rings. The van der Waals surface area contributed by atoms with Gasteiger partial charge >= 0.3 is 0 Å². The second-order valence-corrected chi connectivity index (χ2v) is 5.46. The van der Waals surface area contributed by atoms with Crippen molar-refractivity contribution >= 4 is 16.5 Å². The van der Waals surface area contributed by atoms with Crippen molar-refractivity contribution in [3.05, 3.63) is 46.9 Å². The van der Waals surface area contributed by atoms with Gasteiger partial charge in [0.2, 0.25) is 0 Å². The topological polar surface area (TPSA) is 65.1 Å². The second kappa shape index (κ2) is 4.78. The molecular weight excluding hydrogens is 248 g/mol. The highest BCUT2D eigenvalue weighted by atomic mass is 32.2. The molecule has 1 unspecified atom stereocenters. The van der Waals surface area contributed by atoms with Crippen LogP contribution in [-0.4, -0.2) is 15.0 Å². The fourth-order valence-corrected chi connectivity index (χ4v) is 2.31. The summed E-state index contributed by atoms with van der Waals surface area (Å²) in [6.45, 7) is 0. The standard InChI is InChI=1S/C13H14N2O2S/c1-15-8-10(7-12(14)13(15)16)9-4-3-5-11(6-9)18(2)17/h3-8H,14H2,1-2H3. The molecule has 94 valence electrons. The lowest BCUT2D eigenvalue weighted by Crippen LogP contribution is -2.19. The van der Waals surface area contributed by atoms with Gasteiger partial charge in [-0.1, -0.05) is 12.1 Å². The van der Waals surface area contributed by atoms with Crippen molar-refractivity contribution in [2.24, 2.45) is 7.05 Å². The van der Waals surface area contributed by atoms with E-state index in [1.807, 2.05) is 24.3 Å². The molecule has 1 atom stereocenters. The molecule has 0 saturated heterocycles. The molecule has 0 aliphatic heterocycles. The van der Waals surface area contributed by atoms with E-state index in [2.05, 4.69) is 0 Å². The van der Waals surface area contributed by atoms with Crippen molar-refractivity contribution in [2.45, 2.75) is 4.90 Å². The summed E-state index contributed by atoms with van der Waals surface area (Å²) >= 11 is 0. The molecule has 4 nitrogen and oxygen atoms in total. The number of anilines is 1. The molecule has 5 heteroatoms. The van der Waals surface area contributed by atoms with Gasteiger partial charge in [0.05, 0.1) is 5.69 Å². The van der Waals surface area contributed by atoms with E-state index in [0.29, 0.717) is 0 Å². The van der Waals surface area contributed by atoms with Gasteiger partial charge in [0.15, 0.2) is 0 Å². The molecule has 0 aliphatic carbocycles. The zero-order chi connectivity index (χ0) is 13.3. The average molecular weight is 262 g/mol. The van der Waals surface area contributed by atoms with Crippen LogP contribution in [-0.2, 0) is 17.8 Å². The van der Waals surface area contributed by atoms with Crippen LogP contribution in [0.15, 0.2) is 46.2 Å². The van der Waals surface area contributed by atoms with E-state index in [4.69, 9.17) is 5.73 Å². The Morgan fingerprint density at radius 1 is 1.22 bits per heavy atom. The summed E-state index contributed by atoms with van der Waals surface area (Å²) in [6, 6.07) is 9.03. The van der Waals surface area contributed by atoms with Crippen LogP contribution in [0.25, 0.3) is 11.1 Å². The number of aromatic nitrogens is 1. The predicted octanol–water partition coefficient (Wildman–Crippen LogP) is 1.37. The van der Waals surface area contributed by atoms with Gasteiger partial charge in [-0.3, -0.25) is 9.00 Å². The van der Waals surface area contributed by atoms with Crippen LogP contribution < -0.4 is 11.3 Å². The van der Waals surface area contributed by atoms with Crippen molar-refractivity contribution in [1.82, 2.24) is 4.57 Å². The molecule has 1 aromatic heterocycles. The van der Waals surface area contributed by atoms with E-state index in [0.717, 1.165) is 16.0 Å². The zero-order valence-corrected chi connectivity index (χ0v) is 11.0. The lowest BCUT2D eigenvalue weighted by Gasteiger charge is -2.07. The highest BCUT2D eigenvalue weighted by Gasteiger charge is 2.05. The van der Waals surface area contributed by atoms with Gasteiger partial charge in [-0.2, -0.15) is 0 Å². The number of hydrogen-bond acceptors (Lipinski definition) is 3. The molecule has 1 aromatic carbocycles. The van der Waals surface area contributed by atoms with E-state index in [-0.39, 0.29) is 11.2 Å². The summed E-state index contributed by atoms with van der Waals surface area (Å²) in [7, 11) is 0.629. The van der Waals surface area contributed by atoms with Crippen molar-refractivity contribution in [1.29, 1.82) is 0 Å². The van der Waals surface area contributed by atoms with Crippen LogP contribution in [0, 0.1) is 0 Å². The molecular formula is C13H14N2O2S. The Kier molecular flexibility index (Phi) is 3.34. The third-order valence-electron chi connectivity index (χ3n) is 2.71. The van der Waals surface area contributed by atoms with Crippen molar-refractivity contribution in [3.8, 4) is 11.1 Å². The number of nitrogen functional groups attached to an aromatic ring is 1. The Hall–Kier alpha value is -1.88. The SMILES string of the molecule is Cn1cc(-c2cccc(S(C)=O)c2)cc(N)c1=O. The summed E-state index contributed by atoms with van der Waals surface area (Å²) in [5, 5.41) is 0. The molecule has 18 heavy (non-hydrogen) atoms. The fourth-order valence-electron chi connectivity index (χ4n) is 1.75. The quantitative estimate of drug-likeness (QED) is 0.889. The zero-order valence-electron chi connectivity index (χ0n) is 10.2. The van der Waals surface area contributed by atoms with Gasteiger partial charge in [-0.25, -0.2) is 0 Å². The van der Waals surface area contributed by atoms with Crippen LogP contribution in [0.2, 0.25) is 0 Å². The molecule has 0 amide bonds. The molecule has 0 bridgehead atoms. The first-order valence-electron chi connectivity index (χ1n) is 5.39. The maximum absolute atomic E-state index is 11.5. The summed E-state index contributed by atoms with van der Waals surface area (Å²) in [4.78, 5) is 12.3. The van der Waals surface area contributed by atoms with Gasteiger partial charge in [0.25, 0.3) is 5.56 Å². The monoisotopic (exact) mass is 262 g/mol. The number of nitrogens with two attached hydrogens (primary N) is 1. The fraction of sp³-hybridized carbons (Fsp3) is 0.154. The van der Waals surface area contributed by atoms with Gasteiger partial charge < -0.3 is 10.3 Å². The van der Waals surface area contributed by atoms with Crippen molar-refractivity contribution in [3.63, 3.8) is 0 Å². The van der Waals surface area contributed by atoms with E-state index in [1.165, 1.54) is 4.57 Å². The van der Waals surface area contributed by atoms with E-state index < -0.39 is 10.8 Å². The smallest absolute Gasteiger partial charge is 0.273 e. The predicted molar refractivity (Wildman–Crippen MR) is 73.9 cm³/mol. The molecule has 0 radical (unpaired) electrons. The molecule has 0 aliphatic rings. The van der Waals surface area contributed by atoms with E-state index in [9.17, 15) is 9.00 Å². The third kappa shape index (κ3) is 2.36. The number of pyridine rings is 1. The first-order chi connectivity index (χ1) is 8.49. The molecule has 2 N–H and O–H groups in total. The number of nitrogens with zero attached hydrogens (tertiary/aromatic N) is 1. The van der Waals surface area contributed by atoms with Gasteiger partial charge in [-0.15, -0.1) is 0 Å². The Labute approximate surface area is 108 Å². The van der Waals surface area contributed by atoms with Crippen LogP contribution >= 0.6 is 0 Å². The largest absolute Gasteiger partial charge is 0.394 e. The molecule has 0 spiro atoms. The third-order valence-corrected chi connectivity index (χ3v) is 3.63.